The highest BCUT2D eigenvalue weighted by Crippen LogP contribution is 2.06. The summed E-state index contributed by atoms with van der Waals surface area (Å²) in [6, 6.07) is 12.8. The number of azide groups is 1. The highest BCUT2D eigenvalue weighted by atomic mass is 16.1. The smallest absolute Gasteiger partial charge is 0.250 e. The first-order chi connectivity index (χ1) is 8.79. The normalized spacial score (nSPS) is 9.78. The Morgan fingerprint density at radius 3 is 2.50 bits per heavy atom. The molecule has 0 fully saturated rings. The summed E-state index contributed by atoms with van der Waals surface area (Å²) in [4.78, 5) is 14.3. The van der Waals surface area contributed by atoms with Gasteiger partial charge in [0.15, 0.2) is 0 Å². The average molecular weight is 240 g/mol. The second-order valence-corrected chi connectivity index (χ2v) is 3.87. The number of hydrogen-bond donors (Lipinski definition) is 0. The summed E-state index contributed by atoms with van der Waals surface area (Å²) < 4.78 is 1.64. The zero-order valence-corrected chi connectivity index (χ0v) is 9.73. The van der Waals surface area contributed by atoms with Crippen LogP contribution in [0.15, 0.2) is 58.6 Å². The van der Waals surface area contributed by atoms with Gasteiger partial charge in [-0.2, -0.15) is 0 Å². The molecule has 0 unspecified atom stereocenters. The minimum atomic E-state index is -0.0179. The van der Waals surface area contributed by atoms with Crippen molar-refractivity contribution in [3.63, 3.8) is 0 Å². The topological polar surface area (TPSA) is 70.8 Å². The standard InChI is InChI=1S/C13H12N4O/c14-16-15-9-11-4-6-12(7-5-11)10-17-8-2-1-3-13(17)18/h1-8H,9-10H2. The van der Waals surface area contributed by atoms with Crippen molar-refractivity contribution in [3.8, 4) is 0 Å². The van der Waals surface area contributed by atoms with Gasteiger partial charge in [-0.3, -0.25) is 4.79 Å². The van der Waals surface area contributed by atoms with E-state index in [4.69, 9.17) is 5.53 Å². The molecule has 0 aliphatic rings. The van der Waals surface area contributed by atoms with Crippen LogP contribution < -0.4 is 5.56 Å². The van der Waals surface area contributed by atoms with Crippen molar-refractivity contribution in [2.75, 3.05) is 0 Å². The van der Waals surface area contributed by atoms with Crippen LogP contribution in [0.25, 0.3) is 10.4 Å². The van der Waals surface area contributed by atoms with Crippen molar-refractivity contribution in [1.82, 2.24) is 4.57 Å². The quantitative estimate of drug-likeness (QED) is 0.460. The van der Waals surface area contributed by atoms with Gasteiger partial charge >= 0.3 is 0 Å². The Hall–Kier alpha value is -2.52. The molecular weight excluding hydrogens is 228 g/mol. The predicted octanol–water partition coefficient (Wildman–Crippen LogP) is 2.71. The molecule has 0 spiro atoms. The first-order valence-electron chi connectivity index (χ1n) is 5.54. The lowest BCUT2D eigenvalue weighted by Crippen LogP contribution is -2.18. The molecule has 0 saturated heterocycles. The van der Waals surface area contributed by atoms with Gasteiger partial charge < -0.3 is 4.57 Å². The lowest BCUT2D eigenvalue weighted by Gasteiger charge is -2.05. The number of hydrogen-bond acceptors (Lipinski definition) is 2. The number of pyridine rings is 1. The highest BCUT2D eigenvalue weighted by molar-refractivity contribution is 5.22. The number of benzene rings is 1. The average Bonchev–Trinajstić information content (AvgIpc) is 2.41. The molecule has 1 aromatic heterocycles. The van der Waals surface area contributed by atoms with Crippen LogP contribution in [-0.4, -0.2) is 4.57 Å². The molecule has 0 N–H and O–H groups in total. The van der Waals surface area contributed by atoms with Gasteiger partial charge in [0, 0.05) is 17.2 Å². The number of nitrogens with zero attached hydrogens (tertiary/aromatic N) is 4. The van der Waals surface area contributed by atoms with Gasteiger partial charge in [0.05, 0.1) is 13.1 Å². The first kappa shape index (κ1) is 12.0. The second-order valence-electron chi connectivity index (χ2n) is 3.87. The first-order valence-corrected chi connectivity index (χ1v) is 5.54. The molecule has 1 aromatic carbocycles. The van der Waals surface area contributed by atoms with Crippen LogP contribution in [-0.2, 0) is 13.1 Å². The molecule has 2 aromatic rings. The number of aromatic nitrogens is 1. The third-order valence-electron chi connectivity index (χ3n) is 2.59. The van der Waals surface area contributed by atoms with Gasteiger partial charge in [0.1, 0.15) is 0 Å². The molecule has 1 heterocycles. The highest BCUT2D eigenvalue weighted by Gasteiger charge is 1.97. The molecule has 0 aliphatic carbocycles. The Bertz CT molecular complexity index is 624. The Morgan fingerprint density at radius 2 is 1.83 bits per heavy atom. The molecule has 0 amide bonds. The van der Waals surface area contributed by atoms with E-state index in [1.807, 2.05) is 30.3 Å². The summed E-state index contributed by atoms with van der Waals surface area (Å²) in [7, 11) is 0. The molecule has 0 atom stereocenters. The van der Waals surface area contributed by atoms with Crippen LogP contribution in [0.5, 0.6) is 0 Å². The van der Waals surface area contributed by atoms with E-state index in [1.54, 1.807) is 16.8 Å². The minimum Gasteiger partial charge on any atom is -0.311 e. The molecular formula is C13H12N4O. The van der Waals surface area contributed by atoms with Gasteiger partial charge in [-0.15, -0.1) is 0 Å². The Kier molecular flexibility index (Phi) is 3.79. The van der Waals surface area contributed by atoms with E-state index in [0.29, 0.717) is 13.1 Å². The fraction of sp³-hybridized carbons (Fsp3) is 0.154. The summed E-state index contributed by atoms with van der Waals surface area (Å²) in [5.74, 6) is 0. The van der Waals surface area contributed by atoms with Crippen LogP contribution in [0.2, 0.25) is 0 Å². The van der Waals surface area contributed by atoms with E-state index in [2.05, 4.69) is 10.0 Å². The van der Waals surface area contributed by atoms with Gasteiger partial charge in [-0.1, -0.05) is 35.4 Å². The molecule has 0 radical (unpaired) electrons. The van der Waals surface area contributed by atoms with Gasteiger partial charge in [0.25, 0.3) is 5.56 Å². The van der Waals surface area contributed by atoms with E-state index in [9.17, 15) is 4.79 Å². The molecule has 0 bridgehead atoms. The SMILES string of the molecule is [N-]=[N+]=NCc1ccc(Cn2ccccc2=O)cc1. The van der Waals surface area contributed by atoms with Crippen LogP contribution in [0.4, 0.5) is 0 Å². The second kappa shape index (κ2) is 5.70. The van der Waals surface area contributed by atoms with E-state index in [1.165, 1.54) is 6.07 Å². The summed E-state index contributed by atoms with van der Waals surface area (Å²) in [6.45, 7) is 0.892. The van der Waals surface area contributed by atoms with Crippen molar-refractivity contribution in [2.24, 2.45) is 5.11 Å². The van der Waals surface area contributed by atoms with E-state index >= 15 is 0 Å². The predicted molar refractivity (Wildman–Crippen MR) is 69.1 cm³/mol. The Balaban J connectivity index is 2.13. The van der Waals surface area contributed by atoms with Gasteiger partial charge in [-0.25, -0.2) is 0 Å². The van der Waals surface area contributed by atoms with Crippen molar-refractivity contribution in [3.05, 3.63) is 80.6 Å². The van der Waals surface area contributed by atoms with Crippen LogP contribution in [0, 0.1) is 0 Å². The summed E-state index contributed by atoms with van der Waals surface area (Å²) in [5, 5.41) is 3.50. The molecule has 5 nitrogen and oxygen atoms in total. The zero-order valence-electron chi connectivity index (χ0n) is 9.73. The minimum absolute atomic E-state index is 0.0179. The van der Waals surface area contributed by atoms with Crippen molar-refractivity contribution < 1.29 is 0 Å². The fourth-order valence-electron chi connectivity index (χ4n) is 1.65. The maximum atomic E-state index is 11.5. The fourth-order valence-corrected chi connectivity index (χ4v) is 1.65. The molecule has 0 aliphatic heterocycles. The maximum absolute atomic E-state index is 11.5. The molecule has 5 heteroatoms. The summed E-state index contributed by atoms with van der Waals surface area (Å²) in [6.07, 6.45) is 1.76. The van der Waals surface area contributed by atoms with Gasteiger partial charge in [-0.05, 0) is 22.7 Å². The lowest BCUT2D eigenvalue weighted by atomic mass is 10.1. The molecule has 0 saturated carbocycles. The van der Waals surface area contributed by atoms with Crippen LogP contribution in [0.3, 0.4) is 0 Å². The third kappa shape index (κ3) is 2.99. The van der Waals surface area contributed by atoms with E-state index < -0.39 is 0 Å². The maximum Gasteiger partial charge on any atom is 0.250 e. The largest absolute Gasteiger partial charge is 0.311 e. The van der Waals surface area contributed by atoms with Gasteiger partial charge in [0.2, 0.25) is 0 Å². The Labute approximate surface area is 104 Å². The Morgan fingerprint density at radius 1 is 1.11 bits per heavy atom. The summed E-state index contributed by atoms with van der Waals surface area (Å²) >= 11 is 0. The summed E-state index contributed by atoms with van der Waals surface area (Å²) in [5.41, 5.74) is 10.2. The monoisotopic (exact) mass is 240 g/mol. The third-order valence-corrected chi connectivity index (χ3v) is 2.59. The van der Waals surface area contributed by atoms with Crippen LogP contribution in [0.1, 0.15) is 11.1 Å². The lowest BCUT2D eigenvalue weighted by molar-refractivity contribution is 0.759. The van der Waals surface area contributed by atoms with E-state index in [-0.39, 0.29) is 5.56 Å². The molecule has 90 valence electrons. The van der Waals surface area contributed by atoms with E-state index in [0.717, 1.165) is 11.1 Å². The van der Waals surface area contributed by atoms with Crippen LogP contribution >= 0.6 is 0 Å². The van der Waals surface area contributed by atoms with Crippen molar-refractivity contribution in [1.29, 1.82) is 0 Å². The van der Waals surface area contributed by atoms with Crippen molar-refractivity contribution in [2.45, 2.75) is 13.1 Å². The molecule has 2 rings (SSSR count). The number of rotatable bonds is 4. The van der Waals surface area contributed by atoms with Crippen molar-refractivity contribution >= 4 is 0 Å². The zero-order chi connectivity index (χ0) is 12.8. The molecule has 18 heavy (non-hydrogen) atoms.